The van der Waals surface area contributed by atoms with Crippen molar-refractivity contribution in [3.8, 4) is 0 Å². The van der Waals surface area contributed by atoms with Crippen LogP contribution in [0.2, 0.25) is 15.7 Å². The topological polar surface area (TPSA) is 54.8 Å². The van der Waals surface area contributed by atoms with Gasteiger partial charge in [-0.05, 0) is 42.5 Å². The van der Waals surface area contributed by atoms with Crippen LogP contribution in [0.1, 0.15) is 19.3 Å². The van der Waals surface area contributed by atoms with Gasteiger partial charge in [-0.3, -0.25) is 0 Å². The van der Waals surface area contributed by atoms with Gasteiger partial charge >= 0.3 is 0 Å². The Hall–Kier alpha value is -0.910. The molecule has 0 radical (unpaired) electrons. The van der Waals surface area contributed by atoms with E-state index >= 15 is 0 Å². The summed E-state index contributed by atoms with van der Waals surface area (Å²) in [6.07, 6.45) is 3.47. The van der Waals surface area contributed by atoms with Gasteiger partial charge in [0, 0.05) is 13.1 Å². The number of anilines is 1. The molecular formula is C11H10Cl3N5. The molecule has 0 amide bonds. The van der Waals surface area contributed by atoms with E-state index in [1.54, 1.807) is 0 Å². The van der Waals surface area contributed by atoms with Gasteiger partial charge in [0.25, 0.3) is 0 Å². The molecule has 100 valence electrons. The molecule has 0 atom stereocenters. The zero-order chi connectivity index (χ0) is 13.4. The monoisotopic (exact) mass is 317 g/mol. The van der Waals surface area contributed by atoms with Crippen LogP contribution in [0.4, 0.5) is 5.82 Å². The van der Waals surface area contributed by atoms with E-state index < -0.39 is 0 Å². The summed E-state index contributed by atoms with van der Waals surface area (Å²) in [6, 6.07) is 0. The summed E-state index contributed by atoms with van der Waals surface area (Å²) < 4.78 is 0. The Kier molecular flexibility index (Phi) is 3.60. The summed E-state index contributed by atoms with van der Waals surface area (Å²) in [5, 5.41) is 0.417. The van der Waals surface area contributed by atoms with Gasteiger partial charge in [-0.2, -0.15) is 4.98 Å². The van der Waals surface area contributed by atoms with Gasteiger partial charge in [0.2, 0.25) is 10.6 Å². The highest BCUT2D eigenvalue weighted by Gasteiger charge is 2.20. The molecule has 5 nitrogen and oxygen atoms in total. The third kappa shape index (κ3) is 2.55. The van der Waals surface area contributed by atoms with Crippen molar-refractivity contribution in [2.75, 3.05) is 18.0 Å². The molecule has 0 aromatic carbocycles. The number of halogens is 3. The summed E-state index contributed by atoms with van der Waals surface area (Å²) in [5.41, 5.74) is 0.989. The van der Waals surface area contributed by atoms with Gasteiger partial charge in [-0.15, -0.1) is 0 Å². The first kappa shape index (κ1) is 13.1. The molecule has 2 aromatic heterocycles. The van der Waals surface area contributed by atoms with Gasteiger partial charge in [-0.1, -0.05) is 11.6 Å². The lowest BCUT2D eigenvalue weighted by molar-refractivity contribution is 0.574. The van der Waals surface area contributed by atoms with Gasteiger partial charge in [0.05, 0.1) is 0 Å². The molecule has 0 spiro atoms. The van der Waals surface area contributed by atoms with Crippen molar-refractivity contribution in [3.63, 3.8) is 0 Å². The third-order valence-electron chi connectivity index (χ3n) is 3.08. The van der Waals surface area contributed by atoms with Crippen LogP contribution in [-0.2, 0) is 0 Å². The fraction of sp³-hybridized carbons (Fsp3) is 0.455. The lowest BCUT2D eigenvalue weighted by Gasteiger charge is -2.28. The highest BCUT2D eigenvalue weighted by atomic mass is 35.5. The van der Waals surface area contributed by atoms with Gasteiger partial charge in [0.1, 0.15) is 11.0 Å². The van der Waals surface area contributed by atoms with E-state index in [1.807, 2.05) is 0 Å². The SMILES string of the molecule is Clc1nc(N2CCCCC2)c2nc(Cl)nc(Cl)c2n1. The van der Waals surface area contributed by atoms with Crippen molar-refractivity contribution in [1.29, 1.82) is 0 Å². The number of piperidine rings is 1. The van der Waals surface area contributed by atoms with Crippen LogP contribution in [0.5, 0.6) is 0 Å². The molecule has 1 aliphatic heterocycles. The Morgan fingerprint density at radius 1 is 0.737 bits per heavy atom. The summed E-state index contributed by atoms with van der Waals surface area (Å²) in [4.78, 5) is 18.6. The molecule has 0 saturated carbocycles. The predicted molar refractivity (Wildman–Crippen MR) is 76.2 cm³/mol. The van der Waals surface area contributed by atoms with Gasteiger partial charge < -0.3 is 4.90 Å². The number of fused-ring (bicyclic) bond motifs is 1. The van der Waals surface area contributed by atoms with Crippen molar-refractivity contribution >= 4 is 51.7 Å². The summed E-state index contributed by atoms with van der Waals surface area (Å²) >= 11 is 17.9. The zero-order valence-corrected chi connectivity index (χ0v) is 12.2. The average molecular weight is 319 g/mol. The standard InChI is InChI=1S/C11H10Cl3N5/c12-8-6-7(16-10(13)17-8)9(18-11(14)15-6)19-4-2-1-3-5-19/h1-5H2. The quantitative estimate of drug-likeness (QED) is 0.596. The molecule has 0 bridgehead atoms. The van der Waals surface area contributed by atoms with Crippen molar-refractivity contribution in [2.24, 2.45) is 0 Å². The van der Waals surface area contributed by atoms with Crippen molar-refractivity contribution < 1.29 is 0 Å². The van der Waals surface area contributed by atoms with E-state index in [0.29, 0.717) is 16.9 Å². The summed E-state index contributed by atoms with van der Waals surface area (Å²) in [5.74, 6) is 0.681. The van der Waals surface area contributed by atoms with E-state index in [0.717, 1.165) is 25.9 Å². The van der Waals surface area contributed by atoms with Crippen LogP contribution in [0.25, 0.3) is 11.0 Å². The number of aromatic nitrogens is 4. The molecule has 19 heavy (non-hydrogen) atoms. The average Bonchev–Trinajstić information content (AvgIpc) is 2.40. The minimum Gasteiger partial charge on any atom is -0.355 e. The maximum Gasteiger partial charge on any atom is 0.225 e. The van der Waals surface area contributed by atoms with Gasteiger partial charge in [0.15, 0.2) is 11.0 Å². The molecule has 0 unspecified atom stereocenters. The Morgan fingerprint density at radius 2 is 1.37 bits per heavy atom. The van der Waals surface area contributed by atoms with Gasteiger partial charge in [-0.25, -0.2) is 15.0 Å². The molecule has 8 heteroatoms. The fourth-order valence-corrected chi connectivity index (χ4v) is 2.83. The lowest BCUT2D eigenvalue weighted by Crippen LogP contribution is -2.30. The fourth-order valence-electron chi connectivity index (χ4n) is 2.24. The van der Waals surface area contributed by atoms with E-state index in [2.05, 4.69) is 24.8 Å². The van der Waals surface area contributed by atoms with Crippen LogP contribution in [-0.4, -0.2) is 33.0 Å². The van der Waals surface area contributed by atoms with E-state index in [4.69, 9.17) is 34.8 Å². The summed E-state index contributed by atoms with van der Waals surface area (Å²) in [6.45, 7) is 1.84. The second-order valence-corrected chi connectivity index (χ2v) is 5.38. The number of hydrogen-bond donors (Lipinski definition) is 0. The maximum atomic E-state index is 6.04. The molecule has 1 fully saturated rings. The second kappa shape index (κ2) is 5.23. The van der Waals surface area contributed by atoms with Crippen LogP contribution in [0, 0.1) is 0 Å². The minimum absolute atomic E-state index is 0.0849. The molecule has 1 aliphatic rings. The van der Waals surface area contributed by atoms with Crippen molar-refractivity contribution in [3.05, 3.63) is 15.7 Å². The molecule has 0 aliphatic carbocycles. The molecule has 3 heterocycles. The van der Waals surface area contributed by atoms with E-state index in [9.17, 15) is 0 Å². The Morgan fingerprint density at radius 3 is 2.11 bits per heavy atom. The predicted octanol–water partition coefficient (Wildman–Crippen LogP) is 3.37. The van der Waals surface area contributed by atoms with Crippen LogP contribution < -0.4 is 4.90 Å². The van der Waals surface area contributed by atoms with Crippen molar-refractivity contribution in [1.82, 2.24) is 19.9 Å². The zero-order valence-electron chi connectivity index (χ0n) is 9.91. The van der Waals surface area contributed by atoms with Crippen LogP contribution >= 0.6 is 34.8 Å². The smallest absolute Gasteiger partial charge is 0.225 e. The van der Waals surface area contributed by atoms with E-state index in [1.165, 1.54) is 6.42 Å². The minimum atomic E-state index is 0.0849. The van der Waals surface area contributed by atoms with Crippen LogP contribution in [0.15, 0.2) is 0 Å². The third-order valence-corrected chi connectivity index (χ3v) is 3.69. The summed E-state index contributed by atoms with van der Waals surface area (Å²) in [7, 11) is 0. The number of rotatable bonds is 1. The first-order valence-corrected chi connectivity index (χ1v) is 7.10. The first-order chi connectivity index (χ1) is 9.15. The van der Waals surface area contributed by atoms with E-state index in [-0.39, 0.29) is 15.7 Å². The molecule has 1 saturated heterocycles. The Bertz CT molecular complexity index is 627. The first-order valence-electron chi connectivity index (χ1n) is 5.96. The number of nitrogens with zero attached hydrogens (tertiary/aromatic N) is 5. The largest absolute Gasteiger partial charge is 0.355 e. The highest BCUT2D eigenvalue weighted by molar-refractivity contribution is 6.36. The second-order valence-electron chi connectivity index (χ2n) is 4.34. The lowest BCUT2D eigenvalue weighted by atomic mass is 10.1. The number of hydrogen-bond acceptors (Lipinski definition) is 5. The molecule has 3 rings (SSSR count). The molecular weight excluding hydrogens is 309 g/mol. The van der Waals surface area contributed by atoms with Crippen LogP contribution in [0.3, 0.4) is 0 Å². The Labute approximate surface area is 124 Å². The molecule has 2 aromatic rings. The highest BCUT2D eigenvalue weighted by Crippen LogP contribution is 2.30. The molecule has 0 N–H and O–H groups in total. The maximum absolute atomic E-state index is 6.04. The normalized spacial score (nSPS) is 16.1. The Balaban J connectivity index is 2.21. The van der Waals surface area contributed by atoms with Crippen molar-refractivity contribution in [2.45, 2.75) is 19.3 Å².